The second-order valence-electron chi connectivity index (χ2n) is 0. The first kappa shape index (κ1) is 41.5. The fraction of sp³-hybridized carbons (Fsp3) is 1.00. The Balaban J connectivity index is -0.000000000500. The molecule has 0 aromatic rings. The summed E-state index contributed by atoms with van der Waals surface area (Å²) in [6.45, 7) is 0. The predicted molar refractivity (Wildman–Crippen MR) is 40.8 cm³/mol. The van der Waals surface area contributed by atoms with Gasteiger partial charge in [-0.2, -0.15) is 13.5 Å². The maximum Gasteiger partial charge on any atom is 1.00 e. The topological polar surface area (TPSA) is 0 Å². The molecule has 0 nitrogen and oxygen atoms in total. The van der Waals surface area contributed by atoms with Gasteiger partial charge in [0.05, 0.1) is 0 Å². The average molecular weight is 132 g/mol. The van der Waals surface area contributed by atoms with Gasteiger partial charge < -0.3 is 0 Å². The van der Waals surface area contributed by atoms with Crippen LogP contribution in [0.5, 0.6) is 0 Å². The maximum absolute atomic E-state index is 3.67. The molecule has 5 heavy (non-hydrogen) atoms. The third-order valence-corrected chi connectivity index (χ3v) is 0. The molecule has 0 aliphatic carbocycles. The summed E-state index contributed by atoms with van der Waals surface area (Å²) >= 11 is 7.33. The molecule has 0 aromatic carbocycles. The van der Waals surface area contributed by atoms with Crippen molar-refractivity contribution in [2.24, 2.45) is 0 Å². The summed E-state index contributed by atoms with van der Waals surface area (Å²) in [7, 11) is 0. The molecule has 0 spiro atoms. The number of rotatable bonds is 0. The summed E-state index contributed by atoms with van der Waals surface area (Å²) in [5, 5.41) is 0. The van der Waals surface area contributed by atoms with E-state index in [-0.39, 0.29) is 31.2 Å². The first-order valence-electron chi connectivity index (χ1n) is 0.167. The third-order valence-electron chi connectivity index (χ3n) is 0. The molecule has 0 saturated carbocycles. The number of hydrogen-bond acceptors (Lipinski definition) is 2. The van der Waals surface area contributed by atoms with Crippen molar-refractivity contribution in [2.75, 3.05) is 0 Å². The third kappa shape index (κ3) is 59.7. The fourth-order valence-corrected chi connectivity index (χ4v) is 0. The molecular weight excluding hydrogens is 120 g/mol. The molecule has 3 heteroatoms. The Morgan fingerprint density at radius 3 is 1.00 bits per heavy atom. The van der Waals surface area contributed by atoms with E-state index in [0.717, 1.165) is 0 Å². The van der Waals surface area contributed by atoms with E-state index in [9.17, 15) is 0 Å². The Kier molecular flexibility index (Phi) is 914. The molecule has 0 atom stereocenters. The van der Waals surface area contributed by atoms with Crippen LogP contribution < -0.4 is 0 Å². The standard InChI is InChI=1S/2CH4.S2.H2S/c;;1-2;/h2*1H4;;1H2/p+2. The van der Waals surface area contributed by atoms with Crippen molar-refractivity contribution in [3.8, 4) is 0 Å². The van der Waals surface area contributed by atoms with Gasteiger partial charge in [0, 0.05) is 22.4 Å². The van der Waals surface area contributed by atoms with Crippen LogP contribution in [0.2, 0.25) is 0 Å². The zero-order valence-corrected chi connectivity index (χ0v) is 3.95. The van der Waals surface area contributed by atoms with Gasteiger partial charge in [-0.15, -0.1) is 0 Å². The SMILES string of the molecule is C.C.S.S=S.[H+].[H+]. The summed E-state index contributed by atoms with van der Waals surface area (Å²) in [5.41, 5.74) is 0. The smallest absolute Gasteiger partial charge is 0.197 e. The largest absolute Gasteiger partial charge is 1.00 e. The lowest BCUT2D eigenvalue weighted by Gasteiger charge is -0.707. The molecule has 0 fully saturated rings. The Bertz CT molecular complexity index is 10.9. The minimum absolute atomic E-state index is 0. The van der Waals surface area contributed by atoms with Crippen LogP contribution in [0.15, 0.2) is 0 Å². The minimum atomic E-state index is 0. The first-order chi connectivity index (χ1) is 1.00. The molecule has 0 aliphatic heterocycles. The first-order valence-corrected chi connectivity index (χ1v) is 1.50. The molecule has 0 bridgehead atoms. The van der Waals surface area contributed by atoms with E-state index in [1.807, 2.05) is 0 Å². The Morgan fingerprint density at radius 2 is 1.00 bits per heavy atom. The lowest BCUT2D eigenvalue weighted by molar-refractivity contribution is 2.50. The highest BCUT2D eigenvalue weighted by Crippen LogP contribution is 0.705. The van der Waals surface area contributed by atoms with Gasteiger partial charge in [0.1, 0.15) is 0 Å². The monoisotopic (exact) mass is 132 g/mol. The maximum atomic E-state index is 3.67. The van der Waals surface area contributed by atoms with E-state index in [1.165, 1.54) is 0 Å². The molecular formula is C2H12S3+2. The van der Waals surface area contributed by atoms with E-state index < -0.39 is 0 Å². The van der Waals surface area contributed by atoms with Crippen molar-refractivity contribution in [3.05, 3.63) is 0 Å². The van der Waals surface area contributed by atoms with Gasteiger partial charge in [-0.1, -0.05) is 14.9 Å². The summed E-state index contributed by atoms with van der Waals surface area (Å²) in [5.74, 6) is 0. The molecule has 0 radical (unpaired) electrons. The van der Waals surface area contributed by atoms with E-state index in [2.05, 4.69) is 22.4 Å². The zero-order valence-electron chi connectivity index (χ0n) is 3.32. The summed E-state index contributed by atoms with van der Waals surface area (Å²) < 4.78 is 0. The van der Waals surface area contributed by atoms with E-state index >= 15 is 0 Å². The van der Waals surface area contributed by atoms with Crippen LogP contribution in [0.4, 0.5) is 0 Å². The summed E-state index contributed by atoms with van der Waals surface area (Å²) in [6.07, 6.45) is 0. The molecule has 0 unspecified atom stereocenters. The van der Waals surface area contributed by atoms with Gasteiger partial charge in [0.15, 0.2) is 0 Å². The number of hydrogen-bond donors (Lipinski definition) is 0. The molecule has 0 N–H and O–H groups in total. The van der Waals surface area contributed by atoms with Gasteiger partial charge in [0.2, 0.25) is 0 Å². The molecule has 0 saturated heterocycles. The molecule has 0 amide bonds. The summed E-state index contributed by atoms with van der Waals surface area (Å²) in [4.78, 5) is 0. The van der Waals surface area contributed by atoms with Crippen LogP contribution >= 0.6 is 13.5 Å². The van der Waals surface area contributed by atoms with Crippen LogP contribution in [-0.4, -0.2) is 0 Å². The second-order valence-corrected chi connectivity index (χ2v) is 0. The Morgan fingerprint density at radius 1 is 1.00 bits per heavy atom. The van der Waals surface area contributed by atoms with Crippen molar-refractivity contribution < 1.29 is 2.85 Å². The van der Waals surface area contributed by atoms with Crippen molar-refractivity contribution >= 4 is 35.9 Å². The van der Waals surface area contributed by atoms with E-state index in [0.29, 0.717) is 0 Å². The normalized spacial score (nSPS) is 0.800. The zero-order chi connectivity index (χ0) is 2.00. The van der Waals surface area contributed by atoms with Crippen LogP contribution in [0.3, 0.4) is 0 Å². The van der Waals surface area contributed by atoms with Crippen LogP contribution in [0, 0.1) is 0 Å². The highest BCUT2D eigenvalue weighted by atomic mass is 32.8. The van der Waals surface area contributed by atoms with Crippen molar-refractivity contribution in [3.63, 3.8) is 0 Å². The van der Waals surface area contributed by atoms with Crippen LogP contribution in [0.25, 0.3) is 0 Å². The molecule has 0 aromatic heterocycles. The second kappa shape index (κ2) is 110. The van der Waals surface area contributed by atoms with Crippen molar-refractivity contribution in [1.82, 2.24) is 0 Å². The lowest BCUT2D eigenvalue weighted by atomic mass is 12.0. The van der Waals surface area contributed by atoms with Crippen molar-refractivity contribution in [2.45, 2.75) is 14.9 Å². The Hall–Kier alpha value is 0.790. The van der Waals surface area contributed by atoms with Gasteiger partial charge in [0.25, 0.3) is 0 Å². The molecule has 0 heterocycles. The van der Waals surface area contributed by atoms with Crippen LogP contribution in [0.1, 0.15) is 17.7 Å². The highest BCUT2D eigenvalue weighted by Gasteiger charge is 0.707. The van der Waals surface area contributed by atoms with E-state index in [1.54, 1.807) is 0 Å². The van der Waals surface area contributed by atoms with Crippen LogP contribution in [-0.2, 0) is 22.4 Å². The highest BCUT2D eigenvalue weighted by molar-refractivity contribution is 8.07. The lowest BCUT2D eigenvalue weighted by Crippen LogP contribution is -0.710. The average Bonchev–Trinajstić information content (AvgIpc) is 1.00. The Labute approximate surface area is 54.0 Å². The predicted octanol–water partition coefficient (Wildman–Crippen LogP) is 1.61. The van der Waals surface area contributed by atoms with E-state index in [4.69, 9.17) is 0 Å². The fourth-order valence-electron chi connectivity index (χ4n) is 0. The minimum Gasteiger partial charge on any atom is -0.197 e. The van der Waals surface area contributed by atoms with Gasteiger partial charge in [-0.25, -0.2) is 0 Å². The van der Waals surface area contributed by atoms with Gasteiger partial charge >= 0.3 is 2.85 Å². The molecule has 36 valence electrons. The molecule has 0 rings (SSSR count). The quantitative estimate of drug-likeness (QED) is 0.491. The molecule has 0 aliphatic rings. The van der Waals surface area contributed by atoms with Gasteiger partial charge in [-0.3, -0.25) is 0 Å². The van der Waals surface area contributed by atoms with Gasteiger partial charge in [-0.05, 0) is 0 Å². The summed E-state index contributed by atoms with van der Waals surface area (Å²) in [6, 6.07) is 0. The van der Waals surface area contributed by atoms with Crippen molar-refractivity contribution in [1.29, 1.82) is 0 Å².